The molecule has 0 N–H and O–H groups in total. The van der Waals surface area contributed by atoms with Crippen LogP contribution in [0.4, 0.5) is 0 Å². The van der Waals surface area contributed by atoms with Crippen LogP contribution in [0, 0.1) is 6.92 Å². The van der Waals surface area contributed by atoms with Crippen LogP contribution >= 0.6 is 31.9 Å². The van der Waals surface area contributed by atoms with Crippen molar-refractivity contribution >= 4 is 31.9 Å². The summed E-state index contributed by atoms with van der Waals surface area (Å²) in [6, 6.07) is 6.55. The number of rotatable bonds is 3. The number of halogens is 2. The van der Waals surface area contributed by atoms with Crippen LogP contribution in [0.2, 0.25) is 0 Å². The van der Waals surface area contributed by atoms with Crippen molar-refractivity contribution in [3.8, 4) is 0 Å². The van der Waals surface area contributed by atoms with Crippen LogP contribution in [0.3, 0.4) is 0 Å². The van der Waals surface area contributed by atoms with Crippen LogP contribution in [0.15, 0.2) is 22.7 Å². The van der Waals surface area contributed by atoms with E-state index in [4.69, 9.17) is 0 Å². The standard InChI is InChI=1S/C10H12Br2/c1-8-7-9(3-2-6-11)4-5-10(8)12/h4-5,7H,2-3,6H2,1H3. The Morgan fingerprint density at radius 1 is 1.33 bits per heavy atom. The van der Waals surface area contributed by atoms with Gasteiger partial charge < -0.3 is 0 Å². The van der Waals surface area contributed by atoms with Gasteiger partial charge in [0.15, 0.2) is 0 Å². The van der Waals surface area contributed by atoms with Gasteiger partial charge in [-0.3, -0.25) is 0 Å². The third kappa shape index (κ3) is 2.91. The molecule has 2 heteroatoms. The van der Waals surface area contributed by atoms with Gasteiger partial charge in [0.1, 0.15) is 0 Å². The molecule has 0 aromatic heterocycles. The van der Waals surface area contributed by atoms with Crippen molar-refractivity contribution in [2.24, 2.45) is 0 Å². The summed E-state index contributed by atoms with van der Waals surface area (Å²) < 4.78 is 1.20. The van der Waals surface area contributed by atoms with Gasteiger partial charge in [0, 0.05) is 9.80 Å². The lowest BCUT2D eigenvalue weighted by Gasteiger charge is -2.02. The number of benzene rings is 1. The molecule has 0 unspecified atom stereocenters. The Labute approximate surface area is 90.6 Å². The minimum Gasteiger partial charge on any atom is -0.0928 e. The minimum absolute atomic E-state index is 1.09. The molecule has 0 amide bonds. The van der Waals surface area contributed by atoms with E-state index in [1.54, 1.807) is 0 Å². The summed E-state index contributed by atoms with van der Waals surface area (Å²) in [5, 5.41) is 1.09. The quantitative estimate of drug-likeness (QED) is 0.736. The molecule has 0 aliphatic carbocycles. The largest absolute Gasteiger partial charge is 0.0928 e. The normalized spacial score (nSPS) is 10.2. The second-order valence-corrected chi connectivity index (χ2v) is 4.52. The minimum atomic E-state index is 1.09. The van der Waals surface area contributed by atoms with Crippen molar-refractivity contribution in [3.63, 3.8) is 0 Å². The summed E-state index contributed by atoms with van der Waals surface area (Å²) in [7, 11) is 0. The molecule has 66 valence electrons. The number of alkyl halides is 1. The molecule has 0 saturated heterocycles. The van der Waals surface area contributed by atoms with E-state index in [0.717, 1.165) is 5.33 Å². The zero-order chi connectivity index (χ0) is 8.97. The maximum atomic E-state index is 3.49. The van der Waals surface area contributed by atoms with Gasteiger partial charge in [-0.2, -0.15) is 0 Å². The average molecular weight is 292 g/mol. The van der Waals surface area contributed by atoms with Crippen LogP contribution < -0.4 is 0 Å². The highest BCUT2D eigenvalue weighted by Gasteiger charge is 1.96. The van der Waals surface area contributed by atoms with E-state index in [9.17, 15) is 0 Å². The molecular weight excluding hydrogens is 280 g/mol. The summed E-state index contributed by atoms with van der Waals surface area (Å²) in [6.07, 6.45) is 2.38. The molecule has 0 atom stereocenters. The summed E-state index contributed by atoms with van der Waals surface area (Å²) in [4.78, 5) is 0. The van der Waals surface area contributed by atoms with E-state index in [0.29, 0.717) is 0 Å². The van der Waals surface area contributed by atoms with E-state index in [1.807, 2.05) is 0 Å². The Kier molecular flexibility index (Phi) is 4.30. The molecule has 0 radical (unpaired) electrons. The molecule has 0 spiro atoms. The molecule has 0 bridgehead atoms. The second-order valence-electron chi connectivity index (χ2n) is 2.88. The fourth-order valence-electron chi connectivity index (χ4n) is 1.13. The van der Waals surface area contributed by atoms with Gasteiger partial charge in [0.2, 0.25) is 0 Å². The van der Waals surface area contributed by atoms with E-state index >= 15 is 0 Å². The molecule has 1 aromatic carbocycles. The molecule has 12 heavy (non-hydrogen) atoms. The SMILES string of the molecule is Cc1cc(CCCBr)ccc1Br. The number of hydrogen-bond acceptors (Lipinski definition) is 0. The Balaban J connectivity index is 2.69. The predicted molar refractivity (Wildman–Crippen MR) is 61.0 cm³/mol. The number of hydrogen-bond donors (Lipinski definition) is 0. The smallest absolute Gasteiger partial charge is 0.0204 e. The van der Waals surface area contributed by atoms with Crippen molar-refractivity contribution in [2.45, 2.75) is 19.8 Å². The van der Waals surface area contributed by atoms with Crippen molar-refractivity contribution < 1.29 is 0 Å². The first-order valence-electron chi connectivity index (χ1n) is 4.05. The molecule has 0 nitrogen and oxygen atoms in total. The highest BCUT2D eigenvalue weighted by Crippen LogP contribution is 2.17. The first kappa shape index (κ1) is 10.3. The molecule has 1 aromatic rings. The van der Waals surface area contributed by atoms with Crippen molar-refractivity contribution in [1.82, 2.24) is 0 Å². The molecule has 0 saturated carbocycles. The van der Waals surface area contributed by atoms with Gasteiger partial charge in [-0.1, -0.05) is 44.0 Å². The van der Waals surface area contributed by atoms with E-state index < -0.39 is 0 Å². The van der Waals surface area contributed by atoms with Gasteiger partial charge >= 0.3 is 0 Å². The van der Waals surface area contributed by atoms with Crippen LogP contribution in [0.25, 0.3) is 0 Å². The van der Waals surface area contributed by atoms with E-state index in [1.165, 1.54) is 28.4 Å². The lowest BCUT2D eigenvalue weighted by molar-refractivity contribution is 0.937. The summed E-state index contributed by atoms with van der Waals surface area (Å²) >= 11 is 6.92. The highest BCUT2D eigenvalue weighted by atomic mass is 79.9. The topological polar surface area (TPSA) is 0 Å². The predicted octanol–water partition coefficient (Wildman–Crippen LogP) is 4.09. The van der Waals surface area contributed by atoms with E-state index in [-0.39, 0.29) is 0 Å². The molecule has 1 rings (SSSR count). The Morgan fingerprint density at radius 2 is 2.08 bits per heavy atom. The van der Waals surface area contributed by atoms with Gasteiger partial charge in [-0.25, -0.2) is 0 Å². The van der Waals surface area contributed by atoms with Gasteiger partial charge in [-0.05, 0) is 37.0 Å². The Bertz CT molecular complexity index is 256. The zero-order valence-electron chi connectivity index (χ0n) is 7.11. The van der Waals surface area contributed by atoms with Gasteiger partial charge in [-0.15, -0.1) is 0 Å². The Hall–Kier alpha value is 0.180. The fourth-order valence-corrected chi connectivity index (χ4v) is 1.66. The third-order valence-electron chi connectivity index (χ3n) is 1.82. The Morgan fingerprint density at radius 3 is 2.67 bits per heavy atom. The van der Waals surface area contributed by atoms with Crippen LogP contribution in [0.5, 0.6) is 0 Å². The van der Waals surface area contributed by atoms with Crippen molar-refractivity contribution in [3.05, 3.63) is 33.8 Å². The molecule has 0 fully saturated rings. The maximum Gasteiger partial charge on any atom is 0.0204 e. The molecule has 0 heterocycles. The van der Waals surface area contributed by atoms with Gasteiger partial charge in [0.05, 0.1) is 0 Å². The summed E-state index contributed by atoms with van der Waals surface area (Å²) in [5.74, 6) is 0. The van der Waals surface area contributed by atoms with Crippen molar-refractivity contribution in [1.29, 1.82) is 0 Å². The fraction of sp³-hybridized carbons (Fsp3) is 0.400. The summed E-state index contributed by atoms with van der Waals surface area (Å²) in [6.45, 7) is 2.13. The first-order chi connectivity index (χ1) is 5.74. The van der Waals surface area contributed by atoms with Crippen LogP contribution in [-0.4, -0.2) is 5.33 Å². The van der Waals surface area contributed by atoms with Gasteiger partial charge in [0.25, 0.3) is 0 Å². The molecule has 0 aliphatic heterocycles. The first-order valence-corrected chi connectivity index (χ1v) is 5.96. The van der Waals surface area contributed by atoms with Crippen molar-refractivity contribution in [2.75, 3.05) is 5.33 Å². The molecule has 0 aliphatic rings. The lowest BCUT2D eigenvalue weighted by atomic mass is 10.1. The maximum absolute atomic E-state index is 3.49. The summed E-state index contributed by atoms with van der Waals surface area (Å²) in [5.41, 5.74) is 2.75. The molecular formula is C10H12Br2. The average Bonchev–Trinajstić information content (AvgIpc) is 2.07. The van der Waals surface area contributed by atoms with Crippen LogP contribution in [-0.2, 0) is 6.42 Å². The lowest BCUT2D eigenvalue weighted by Crippen LogP contribution is -1.87. The third-order valence-corrected chi connectivity index (χ3v) is 3.27. The van der Waals surface area contributed by atoms with Crippen LogP contribution in [0.1, 0.15) is 17.5 Å². The second kappa shape index (κ2) is 5.03. The van der Waals surface area contributed by atoms with E-state index in [2.05, 4.69) is 57.0 Å². The highest BCUT2D eigenvalue weighted by molar-refractivity contribution is 9.10. The number of aryl methyl sites for hydroxylation is 2. The monoisotopic (exact) mass is 290 g/mol. The zero-order valence-corrected chi connectivity index (χ0v) is 10.3.